The van der Waals surface area contributed by atoms with Crippen LogP contribution in [0.2, 0.25) is 0 Å². The van der Waals surface area contributed by atoms with Crippen LogP contribution in [0.4, 0.5) is 0 Å². The summed E-state index contributed by atoms with van der Waals surface area (Å²) in [6.45, 7) is 2.50. The van der Waals surface area contributed by atoms with E-state index in [1.807, 2.05) is 0 Å². The monoisotopic (exact) mass is 773 g/mol. The number of fused-ring (bicyclic) bond motifs is 10. The van der Waals surface area contributed by atoms with Gasteiger partial charge < -0.3 is 4.74 Å². The molecule has 4 aliphatic carbocycles. The summed E-state index contributed by atoms with van der Waals surface area (Å²) in [6.07, 6.45) is 6.40. The second-order valence-electron chi connectivity index (χ2n) is 18.4. The minimum absolute atomic E-state index is 0.0693. The van der Waals surface area contributed by atoms with Crippen LogP contribution in [0.15, 0.2) is 170 Å². The molecule has 60 heavy (non-hydrogen) atoms. The van der Waals surface area contributed by atoms with Crippen molar-refractivity contribution in [1.29, 1.82) is 0 Å². The Labute approximate surface area is 351 Å². The summed E-state index contributed by atoms with van der Waals surface area (Å²) in [6, 6.07) is 61.3. The molecule has 2 heterocycles. The molecular weight excluding hydrogens is 731 g/mol. The van der Waals surface area contributed by atoms with Gasteiger partial charge in [-0.3, -0.25) is 0 Å². The fourth-order valence-corrected chi connectivity index (χ4v) is 12.6. The van der Waals surface area contributed by atoms with Gasteiger partial charge in [-0.2, -0.15) is 0 Å². The predicted molar refractivity (Wildman–Crippen MR) is 239 cm³/mol. The second-order valence-corrected chi connectivity index (χ2v) is 18.4. The molecule has 0 amide bonds. The standard InChI is InChI=1S/C56H43N3O/c1-54-30-29-40-32-55(34-54,47(40)33-54)53-58-51(37-13-3-2-4-14-37)57-52(59-53)39-16-11-15-38(31-39)35-25-27-36(28-26-35)41-18-12-22-46-50(41)42-17-5-6-19-43(42)56(46)44-20-7-9-23-48(44)60-49-24-10-8-21-45(49)56/h2-28,31,40,47H,29-30,32-34H2,1H3/t40?,47?,54-,55?/m0/s1. The molecule has 8 aromatic rings. The van der Waals surface area contributed by atoms with E-state index in [-0.39, 0.29) is 5.41 Å². The first-order valence-electron chi connectivity index (χ1n) is 21.6. The second kappa shape index (κ2) is 12.4. The Morgan fingerprint density at radius 1 is 0.500 bits per heavy atom. The van der Waals surface area contributed by atoms with Crippen LogP contribution in [-0.2, 0) is 10.8 Å². The molecular formula is C56H43N3O. The Balaban J connectivity index is 0.901. The fraction of sp³-hybridized carbons (Fsp3) is 0.196. The number of hydrogen-bond acceptors (Lipinski definition) is 4. The van der Waals surface area contributed by atoms with Crippen molar-refractivity contribution in [2.45, 2.75) is 49.9 Å². The van der Waals surface area contributed by atoms with Crippen molar-refractivity contribution >= 4 is 0 Å². The molecule has 1 aromatic heterocycles. The number of benzene rings is 7. The minimum atomic E-state index is -0.489. The molecule has 1 aliphatic heterocycles. The first-order chi connectivity index (χ1) is 29.5. The number of para-hydroxylation sites is 2. The molecule has 4 atom stereocenters. The molecule has 3 saturated carbocycles. The van der Waals surface area contributed by atoms with E-state index in [9.17, 15) is 0 Å². The van der Waals surface area contributed by atoms with Crippen LogP contribution >= 0.6 is 0 Å². The van der Waals surface area contributed by atoms with Gasteiger partial charge in [0.2, 0.25) is 0 Å². The van der Waals surface area contributed by atoms with Crippen molar-refractivity contribution < 1.29 is 4.74 Å². The van der Waals surface area contributed by atoms with Crippen LogP contribution in [0, 0.1) is 17.3 Å². The Morgan fingerprint density at radius 3 is 1.88 bits per heavy atom. The molecule has 2 bridgehead atoms. The van der Waals surface area contributed by atoms with Crippen molar-refractivity contribution in [2.24, 2.45) is 17.3 Å². The van der Waals surface area contributed by atoms with Crippen LogP contribution in [0.1, 0.15) is 67.1 Å². The fourth-order valence-electron chi connectivity index (χ4n) is 12.6. The van der Waals surface area contributed by atoms with Crippen molar-refractivity contribution in [2.75, 3.05) is 0 Å². The first kappa shape index (κ1) is 34.2. The van der Waals surface area contributed by atoms with Gasteiger partial charge >= 0.3 is 0 Å². The van der Waals surface area contributed by atoms with Gasteiger partial charge in [-0.25, -0.2) is 15.0 Å². The number of nitrogens with zero attached hydrogens (tertiary/aromatic N) is 3. The molecule has 3 unspecified atom stereocenters. The predicted octanol–water partition coefficient (Wildman–Crippen LogP) is 13.5. The lowest BCUT2D eigenvalue weighted by atomic mass is 9.53. The van der Waals surface area contributed by atoms with E-state index in [1.165, 1.54) is 76.6 Å². The average Bonchev–Trinajstić information content (AvgIpc) is 3.60. The van der Waals surface area contributed by atoms with Crippen LogP contribution in [0.5, 0.6) is 11.5 Å². The normalized spacial score (nSPS) is 23.1. The highest BCUT2D eigenvalue weighted by atomic mass is 16.5. The van der Waals surface area contributed by atoms with Crippen molar-refractivity contribution in [3.8, 4) is 67.7 Å². The first-order valence-corrected chi connectivity index (χ1v) is 21.6. The van der Waals surface area contributed by atoms with E-state index in [0.717, 1.165) is 57.1 Å². The summed E-state index contributed by atoms with van der Waals surface area (Å²) in [4.78, 5) is 15.8. The van der Waals surface area contributed by atoms with Crippen LogP contribution in [0.3, 0.4) is 0 Å². The number of rotatable bonds is 5. The molecule has 0 radical (unpaired) electrons. The van der Waals surface area contributed by atoms with Gasteiger partial charge in [0.05, 0.1) is 5.41 Å². The van der Waals surface area contributed by atoms with Gasteiger partial charge in [-0.1, -0.05) is 159 Å². The van der Waals surface area contributed by atoms with Gasteiger partial charge in [0.1, 0.15) is 17.3 Å². The maximum atomic E-state index is 6.57. The lowest BCUT2D eigenvalue weighted by Gasteiger charge is -2.51. The summed E-state index contributed by atoms with van der Waals surface area (Å²) < 4.78 is 6.57. The van der Waals surface area contributed by atoms with E-state index in [2.05, 4.69) is 177 Å². The molecule has 0 N–H and O–H groups in total. The zero-order chi connectivity index (χ0) is 39.6. The quantitative estimate of drug-likeness (QED) is 0.175. The Hall–Kier alpha value is -6.65. The zero-order valence-corrected chi connectivity index (χ0v) is 33.6. The largest absolute Gasteiger partial charge is 0.457 e. The van der Waals surface area contributed by atoms with Gasteiger partial charge in [-0.15, -0.1) is 0 Å². The van der Waals surface area contributed by atoms with Crippen LogP contribution in [-0.4, -0.2) is 15.0 Å². The maximum absolute atomic E-state index is 6.57. The summed E-state index contributed by atoms with van der Waals surface area (Å²) in [5, 5.41) is 0. The third-order valence-electron chi connectivity index (χ3n) is 15.1. The van der Waals surface area contributed by atoms with Crippen LogP contribution < -0.4 is 4.74 Å². The van der Waals surface area contributed by atoms with Crippen molar-refractivity contribution in [3.05, 3.63) is 198 Å². The molecule has 4 nitrogen and oxygen atoms in total. The molecule has 7 aromatic carbocycles. The summed E-state index contributed by atoms with van der Waals surface area (Å²) >= 11 is 0. The third-order valence-corrected chi connectivity index (χ3v) is 15.1. The third kappa shape index (κ3) is 4.70. The molecule has 0 saturated heterocycles. The van der Waals surface area contributed by atoms with Gasteiger partial charge in [0.25, 0.3) is 0 Å². The van der Waals surface area contributed by atoms with E-state index in [4.69, 9.17) is 19.7 Å². The number of hydrogen-bond donors (Lipinski definition) is 0. The Kier molecular flexibility index (Phi) is 7.10. The Morgan fingerprint density at radius 2 is 1.10 bits per heavy atom. The number of ether oxygens (including phenoxy) is 1. The van der Waals surface area contributed by atoms with E-state index in [1.54, 1.807) is 0 Å². The lowest BCUT2D eigenvalue weighted by molar-refractivity contribution is 0.0360. The lowest BCUT2D eigenvalue weighted by Crippen LogP contribution is -2.48. The van der Waals surface area contributed by atoms with E-state index < -0.39 is 5.41 Å². The average molecular weight is 774 g/mol. The molecule has 1 spiro atoms. The molecule has 288 valence electrons. The highest BCUT2D eigenvalue weighted by Crippen LogP contribution is 2.72. The highest BCUT2D eigenvalue weighted by Gasteiger charge is 2.67. The summed E-state index contributed by atoms with van der Waals surface area (Å²) in [7, 11) is 0. The minimum Gasteiger partial charge on any atom is -0.457 e. The maximum Gasteiger partial charge on any atom is 0.163 e. The van der Waals surface area contributed by atoms with Crippen molar-refractivity contribution in [1.82, 2.24) is 15.0 Å². The number of aromatic nitrogens is 3. The van der Waals surface area contributed by atoms with E-state index >= 15 is 0 Å². The zero-order valence-electron chi connectivity index (χ0n) is 33.6. The molecule has 13 rings (SSSR count). The Bertz CT molecular complexity index is 3000. The molecule has 4 heteroatoms. The van der Waals surface area contributed by atoms with Crippen LogP contribution in [0.25, 0.3) is 56.2 Å². The topological polar surface area (TPSA) is 47.9 Å². The van der Waals surface area contributed by atoms with Gasteiger partial charge in [0, 0.05) is 27.7 Å². The van der Waals surface area contributed by atoms with Gasteiger partial charge in [-0.05, 0) is 112 Å². The summed E-state index contributed by atoms with van der Waals surface area (Å²) in [5.74, 6) is 5.88. The molecule has 5 aliphatic rings. The van der Waals surface area contributed by atoms with Gasteiger partial charge in [0.15, 0.2) is 11.6 Å². The van der Waals surface area contributed by atoms with Crippen molar-refractivity contribution in [3.63, 3.8) is 0 Å². The summed E-state index contributed by atoms with van der Waals surface area (Å²) in [5.41, 5.74) is 14.3. The smallest absolute Gasteiger partial charge is 0.163 e. The highest BCUT2D eigenvalue weighted by molar-refractivity contribution is 5.96. The van der Waals surface area contributed by atoms with E-state index in [0.29, 0.717) is 11.3 Å². The molecule has 3 fully saturated rings. The SMILES string of the molecule is C[C@@]12CCC3CC(c4nc(-c5ccccc5)nc(-c5cccc(-c6ccc(-c7cccc8c7-c7ccccc7C87c8ccccc8Oc8ccccc87)cc6)c5)n4)(C1)C3C2.